The number of amides is 1. The number of hydrogen-bond acceptors (Lipinski definition) is 4. The highest BCUT2D eigenvalue weighted by molar-refractivity contribution is 5.79. The number of fused-ring (bicyclic) bond motifs is 1. The van der Waals surface area contributed by atoms with E-state index in [0.29, 0.717) is 12.1 Å². The molecule has 1 aliphatic rings. The van der Waals surface area contributed by atoms with Crippen LogP contribution in [0.25, 0.3) is 10.9 Å². The number of rotatable bonds is 6. The topological polar surface area (TPSA) is 71.6 Å². The van der Waals surface area contributed by atoms with Crippen molar-refractivity contribution in [1.82, 2.24) is 9.88 Å². The molecule has 0 aliphatic carbocycles. The van der Waals surface area contributed by atoms with Crippen LogP contribution < -0.4 is 5.56 Å². The highest BCUT2D eigenvalue weighted by Gasteiger charge is 2.23. The quantitative estimate of drug-likeness (QED) is 0.875. The van der Waals surface area contributed by atoms with E-state index in [4.69, 9.17) is 9.47 Å². The monoisotopic (exact) mass is 330 g/mol. The fourth-order valence-corrected chi connectivity index (χ4v) is 3.02. The van der Waals surface area contributed by atoms with Crippen LogP contribution in [-0.2, 0) is 20.8 Å². The maximum Gasteiger partial charge on any atom is 0.253 e. The molecule has 1 saturated heterocycles. The summed E-state index contributed by atoms with van der Waals surface area (Å²) in [5, 5.41) is 0.948. The third kappa shape index (κ3) is 3.83. The molecule has 3 rings (SSSR count). The van der Waals surface area contributed by atoms with Crippen molar-refractivity contribution in [3.8, 4) is 0 Å². The van der Waals surface area contributed by atoms with Gasteiger partial charge < -0.3 is 19.4 Å². The number of pyridine rings is 1. The van der Waals surface area contributed by atoms with Gasteiger partial charge in [-0.05, 0) is 30.4 Å². The van der Waals surface area contributed by atoms with E-state index in [1.807, 2.05) is 30.3 Å². The molecule has 1 atom stereocenters. The van der Waals surface area contributed by atoms with Crippen LogP contribution in [0.2, 0.25) is 0 Å². The molecular formula is C18H22N2O4. The highest BCUT2D eigenvalue weighted by atomic mass is 16.5. The Kier molecular flexibility index (Phi) is 5.27. The van der Waals surface area contributed by atoms with E-state index in [1.165, 1.54) is 7.11 Å². The number of hydrogen-bond donors (Lipinski definition) is 1. The van der Waals surface area contributed by atoms with Gasteiger partial charge in [0.05, 0.1) is 12.6 Å². The van der Waals surface area contributed by atoms with Crippen LogP contribution in [0, 0.1) is 0 Å². The van der Waals surface area contributed by atoms with Crippen molar-refractivity contribution < 1.29 is 14.3 Å². The van der Waals surface area contributed by atoms with Gasteiger partial charge in [0, 0.05) is 31.3 Å². The number of aromatic amines is 1. The molecule has 1 aliphatic heterocycles. The molecule has 0 spiro atoms. The number of methoxy groups -OCH3 is 1. The van der Waals surface area contributed by atoms with Crippen molar-refractivity contribution in [2.24, 2.45) is 0 Å². The van der Waals surface area contributed by atoms with Crippen LogP contribution in [0.3, 0.4) is 0 Å². The first-order valence-electron chi connectivity index (χ1n) is 8.16. The lowest BCUT2D eigenvalue weighted by Gasteiger charge is -2.25. The van der Waals surface area contributed by atoms with Crippen molar-refractivity contribution in [3.63, 3.8) is 0 Å². The Bertz CT molecular complexity index is 765. The summed E-state index contributed by atoms with van der Waals surface area (Å²) in [5.41, 5.74) is 1.19. The summed E-state index contributed by atoms with van der Waals surface area (Å²) in [6.45, 7) is 1.46. The van der Waals surface area contributed by atoms with Crippen LogP contribution in [0.15, 0.2) is 35.1 Å². The van der Waals surface area contributed by atoms with Gasteiger partial charge in [0.1, 0.15) is 6.61 Å². The average Bonchev–Trinajstić information content (AvgIpc) is 3.08. The zero-order valence-corrected chi connectivity index (χ0v) is 13.8. The van der Waals surface area contributed by atoms with E-state index < -0.39 is 0 Å². The largest absolute Gasteiger partial charge is 0.376 e. The fourth-order valence-electron chi connectivity index (χ4n) is 3.02. The SMILES string of the molecule is COCC(=O)N(Cc1cc2ccccc2[nH]c1=O)C[C@@H]1CCCO1. The third-order valence-corrected chi connectivity index (χ3v) is 4.26. The van der Waals surface area contributed by atoms with Gasteiger partial charge in [0.2, 0.25) is 5.91 Å². The number of para-hydroxylation sites is 1. The molecule has 128 valence electrons. The lowest BCUT2D eigenvalue weighted by atomic mass is 10.1. The van der Waals surface area contributed by atoms with E-state index in [-0.39, 0.29) is 30.7 Å². The average molecular weight is 330 g/mol. The van der Waals surface area contributed by atoms with Gasteiger partial charge in [-0.3, -0.25) is 9.59 Å². The van der Waals surface area contributed by atoms with Crippen molar-refractivity contribution in [2.45, 2.75) is 25.5 Å². The molecule has 24 heavy (non-hydrogen) atoms. The van der Waals surface area contributed by atoms with E-state index in [9.17, 15) is 9.59 Å². The lowest BCUT2D eigenvalue weighted by molar-refractivity contribution is -0.137. The lowest BCUT2D eigenvalue weighted by Crippen LogP contribution is -2.40. The summed E-state index contributed by atoms with van der Waals surface area (Å²) in [6.07, 6.45) is 1.98. The molecule has 1 fully saturated rings. The number of aromatic nitrogens is 1. The van der Waals surface area contributed by atoms with Crippen LogP contribution in [0.5, 0.6) is 0 Å². The van der Waals surface area contributed by atoms with Crippen LogP contribution in [0.4, 0.5) is 0 Å². The Morgan fingerprint density at radius 2 is 2.25 bits per heavy atom. The minimum absolute atomic E-state index is 0.00178. The van der Waals surface area contributed by atoms with Gasteiger partial charge in [0.25, 0.3) is 5.56 Å². The van der Waals surface area contributed by atoms with Gasteiger partial charge >= 0.3 is 0 Å². The Labute approximate surface area is 140 Å². The smallest absolute Gasteiger partial charge is 0.253 e. The number of carbonyl (C=O) groups is 1. The Morgan fingerprint density at radius 3 is 3.00 bits per heavy atom. The van der Waals surface area contributed by atoms with E-state index >= 15 is 0 Å². The molecule has 0 bridgehead atoms. The predicted molar refractivity (Wildman–Crippen MR) is 90.8 cm³/mol. The molecule has 6 nitrogen and oxygen atoms in total. The number of nitrogens with one attached hydrogen (secondary N) is 1. The van der Waals surface area contributed by atoms with Gasteiger partial charge in [0.15, 0.2) is 0 Å². The molecule has 2 aromatic rings. The van der Waals surface area contributed by atoms with Gasteiger partial charge in [-0.2, -0.15) is 0 Å². The van der Waals surface area contributed by atoms with E-state index in [0.717, 1.165) is 30.4 Å². The zero-order valence-electron chi connectivity index (χ0n) is 13.8. The molecule has 0 radical (unpaired) electrons. The minimum Gasteiger partial charge on any atom is -0.376 e. The van der Waals surface area contributed by atoms with E-state index in [1.54, 1.807) is 4.90 Å². The highest BCUT2D eigenvalue weighted by Crippen LogP contribution is 2.16. The number of nitrogens with zero attached hydrogens (tertiary/aromatic N) is 1. The molecule has 0 saturated carbocycles. The number of H-pyrrole nitrogens is 1. The molecule has 6 heteroatoms. The summed E-state index contributed by atoms with van der Waals surface area (Å²) < 4.78 is 10.6. The Morgan fingerprint density at radius 1 is 1.42 bits per heavy atom. The summed E-state index contributed by atoms with van der Waals surface area (Å²) in [4.78, 5) is 29.2. The molecule has 2 heterocycles. The van der Waals surface area contributed by atoms with Crippen LogP contribution >= 0.6 is 0 Å². The summed E-state index contributed by atoms with van der Waals surface area (Å²) in [6, 6.07) is 9.45. The summed E-state index contributed by atoms with van der Waals surface area (Å²) >= 11 is 0. The second-order valence-corrected chi connectivity index (χ2v) is 6.05. The predicted octanol–water partition coefficient (Wildman–Crippen LogP) is 1.68. The second kappa shape index (κ2) is 7.59. The van der Waals surface area contributed by atoms with E-state index in [2.05, 4.69) is 4.98 Å². The summed E-state index contributed by atoms with van der Waals surface area (Å²) in [5.74, 6) is -0.138. The number of ether oxygens (including phenoxy) is 2. The molecule has 0 unspecified atom stereocenters. The zero-order chi connectivity index (χ0) is 16.9. The van der Waals surface area contributed by atoms with Crippen molar-refractivity contribution in [2.75, 3.05) is 26.9 Å². The third-order valence-electron chi connectivity index (χ3n) is 4.26. The Balaban J connectivity index is 1.84. The number of carbonyl (C=O) groups excluding carboxylic acids is 1. The summed E-state index contributed by atoms with van der Waals surface area (Å²) in [7, 11) is 1.49. The molecule has 1 aromatic carbocycles. The Hall–Kier alpha value is -2.18. The first-order chi connectivity index (χ1) is 11.7. The normalized spacial score (nSPS) is 17.3. The maximum absolute atomic E-state index is 12.3. The maximum atomic E-state index is 12.3. The first kappa shape index (κ1) is 16.7. The van der Waals surface area contributed by atoms with Crippen molar-refractivity contribution in [3.05, 3.63) is 46.2 Å². The standard InChI is InChI=1S/C18H22N2O4/c1-23-12-17(21)20(11-15-6-4-8-24-15)10-14-9-13-5-2-3-7-16(13)19-18(14)22/h2-3,5,7,9,15H,4,6,8,10-12H2,1H3,(H,19,22)/t15-/m0/s1. The van der Waals surface area contributed by atoms with Crippen LogP contribution in [0.1, 0.15) is 18.4 Å². The van der Waals surface area contributed by atoms with Crippen molar-refractivity contribution in [1.29, 1.82) is 0 Å². The molecular weight excluding hydrogens is 308 g/mol. The molecule has 1 aromatic heterocycles. The number of benzene rings is 1. The fraction of sp³-hybridized carbons (Fsp3) is 0.444. The first-order valence-corrected chi connectivity index (χ1v) is 8.16. The van der Waals surface area contributed by atoms with Crippen molar-refractivity contribution >= 4 is 16.8 Å². The van der Waals surface area contributed by atoms with Gasteiger partial charge in [-0.1, -0.05) is 18.2 Å². The van der Waals surface area contributed by atoms with Gasteiger partial charge in [-0.25, -0.2) is 0 Å². The van der Waals surface area contributed by atoms with Crippen LogP contribution in [-0.4, -0.2) is 48.8 Å². The second-order valence-electron chi connectivity index (χ2n) is 6.05. The van der Waals surface area contributed by atoms with Gasteiger partial charge in [-0.15, -0.1) is 0 Å². The molecule has 1 N–H and O–H groups in total. The minimum atomic E-state index is -0.170. The molecule has 1 amide bonds.